The first kappa shape index (κ1) is 18.2. The van der Waals surface area contributed by atoms with Gasteiger partial charge in [-0.2, -0.15) is 13.2 Å². The molecule has 1 aromatic carbocycles. The molecule has 8 heteroatoms. The molecule has 0 unspecified atom stereocenters. The van der Waals surface area contributed by atoms with Crippen LogP contribution in [0.4, 0.5) is 13.2 Å². The highest BCUT2D eigenvalue weighted by Crippen LogP contribution is 2.35. The minimum absolute atomic E-state index is 0.288. The molecule has 142 valence electrons. The number of thiazole rings is 1. The lowest BCUT2D eigenvalue weighted by Gasteiger charge is -2.21. The predicted octanol–water partition coefficient (Wildman–Crippen LogP) is 5.46. The van der Waals surface area contributed by atoms with Crippen LogP contribution in [-0.4, -0.2) is 21.4 Å². The molecule has 0 N–H and O–H groups in total. The second-order valence-corrected chi connectivity index (χ2v) is 7.52. The van der Waals surface area contributed by atoms with E-state index in [9.17, 15) is 13.2 Å². The van der Waals surface area contributed by atoms with Crippen LogP contribution in [0.3, 0.4) is 0 Å². The van der Waals surface area contributed by atoms with E-state index in [-0.39, 0.29) is 6.04 Å². The van der Waals surface area contributed by atoms with Crippen LogP contribution >= 0.6 is 11.3 Å². The maximum absolute atomic E-state index is 12.7. The third-order valence-electron chi connectivity index (χ3n) is 4.80. The summed E-state index contributed by atoms with van der Waals surface area (Å²) < 4.78 is 43.9. The van der Waals surface area contributed by atoms with Crippen LogP contribution in [0, 0.1) is 6.92 Å². The number of aryl methyl sites for hydroxylation is 1. The summed E-state index contributed by atoms with van der Waals surface area (Å²) in [5, 5.41) is 3.09. The number of hydrogen-bond donors (Lipinski definition) is 0. The Hall–Kier alpha value is -2.19. The number of oxazole rings is 1. The first-order valence-corrected chi connectivity index (χ1v) is 9.57. The molecule has 4 nitrogen and oxygen atoms in total. The van der Waals surface area contributed by atoms with Crippen molar-refractivity contribution in [1.29, 1.82) is 0 Å². The highest BCUT2D eigenvalue weighted by atomic mass is 32.1. The average Bonchev–Trinajstić information content (AvgIpc) is 3.36. The zero-order chi connectivity index (χ0) is 19.0. The molecule has 0 radical (unpaired) electrons. The molecule has 1 aliphatic heterocycles. The van der Waals surface area contributed by atoms with Gasteiger partial charge in [-0.15, -0.1) is 11.3 Å². The van der Waals surface area contributed by atoms with Gasteiger partial charge in [0.1, 0.15) is 10.8 Å². The number of nitrogens with zero attached hydrogens (tertiary/aromatic N) is 3. The summed E-state index contributed by atoms with van der Waals surface area (Å²) in [5.41, 5.74) is 0.668. The molecular formula is C19H18F3N3OS. The molecule has 3 heterocycles. The molecule has 1 aliphatic rings. The zero-order valence-electron chi connectivity index (χ0n) is 14.7. The number of halogens is 3. The van der Waals surface area contributed by atoms with Gasteiger partial charge in [0, 0.05) is 23.7 Å². The van der Waals surface area contributed by atoms with Crippen LogP contribution in [0.15, 0.2) is 40.3 Å². The molecule has 27 heavy (non-hydrogen) atoms. The number of hydrogen-bond acceptors (Lipinski definition) is 5. The van der Waals surface area contributed by atoms with Gasteiger partial charge in [-0.25, -0.2) is 9.97 Å². The van der Waals surface area contributed by atoms with Crippen LogP contribution in [0.1, 0.15) is 40.9 Å². The van der Waals surface area contributed by atoms with Crippen LogP contribution < -0.4 is 0 Å². The number of likely N-dealkylation sites (tertiary alicyclic amines) is 1. The zero-order valence-corrected chi connectivity index (χ0v) is 15.5. The molecule has 0 saturated carbocycles. The van der Waals surface area contributed by atoms with Crippen molar-refractivity contribution in [3.8, 4) is 11.5 Å². The van der Waals surface area contributed by atoms with Crippen LogP contribution in [0.2, 0.25) is 0 Å². The fourth-order valence-corrected chi connectivity index (χ4v) is 4.19. The summed E-state index contributed by atoms with van der Waals surface area (Å²) in [6, 6.07) is 5.18. The van der Waals surface area contributed by atoms with Gasteiger partial charge in [-0.1, -0.05) is 0 Å². The van der Waals surface area contributed by atoms with E-state index in [1.165, 1.54) is 12.1 Å². The molecule has 0 spiro atoms. The third kappa shape index (κ3) is 3.77. The number of alkyl halides is 3. The van der Waals surface area contributed by atoms with Crippen molar-refractivity contribution in [2.75, 3.05) is 6.54 Å². The van der Waals surface area contributed by atoms with Gasteiger partial charge in [0.2, 0.25) is 5.89 Å². The van der Waals surface area contributed by atoms with Gasteiger partial charge < -0.3 is 4.42 Å². The van der Waals surface area contributed by atoms with Crippen LogP contribution in [-0.2, 0) is 12.7 Å². The van der Waals surface area contributed by atoms with E-state index in [1.54, 1.807) is 11.3 Å². The first-order valence-electron chi connectivity index (χ1n) is 8.69. The molecule has 0 bridgehead atoms. The Morgan fingerprint density at radius 1 is 1.26 bits per heavy atom. The molecule has 4 rings (SSSR count). The van der Waals surface area contributed by atoms with Crippen molar-refractivity contribution in [2.45, 2.75) is 38.5 Å². The fraction of sp³-hybridized carbons (Fsp3) is 0.368. The Morgan fingerprint density at radius 3 is 2.70 bits per heavy atom. The van der Waals surface area contributed by atoms with Crippen molar-refractivity contribution in [1.82, 2.24) is 14.9 Å². The van der Waals surface area contributed by atoms with Crippen molar-refractivity contribution >= 4 is 11.3 Å². The molecule has 1 fully saturated rings. The summed E-state index contributed by atoms with van der Waals surface area (Å²) in [6.45, 7) is 3.44. The Bertz CT molecular complexity index is 903. The molecule has 1 atom stereocenters. The van der Waals surface area contributed by atoms with Gasteiger partial charge >= 0.3 is 6.18 Å². The molecule has 0 amide bonds. The van der Waals surface area contributed by atoms with E-state index >= 15 is 0 Å². The van der Waals surface area contributed by atoms with Crippen LogP contribution in [0.25, 0.3) is 11.5 Å². The Kier molecular flexibility index (Phi) is 4.77. The van der Waals surface area contributed by atoms with Gasteiger partial charge in [0.25, 0.3) is 0 Å². The number of aromatic nitrogens is 2. The third-order valence-corrected chi connectivity index (χ3v) is 5.68. The van der Waals surface area contributed by atoms with Gasteiger partial charge in [-0.3, -0.25) is 4.90 Å². The molecule has 1 saturated heterocycles. The summed E-state index contributed by atoms with van der Waals surface area (Å²) >= 11 is 1.66. The average molecular weight is 393 g/mol. The van der Waals surface area contributed by atoms with E-state index in [0.29, 0.717) is 23.8 Å². The predicted molar refractivity (Wildman–Crippen MR) is 96.2 cm³/mol. The van der Waals surface area contributed by atoms with Crippen LogP contribution in [0.5, 0.6) is 0 Å². The Balaban J connectivity index is 1.53. The molecular weight excluding hydrogens is 375 g/mol. The van der Waals surface area contributed by atoms with Gasteiger partial charge in [-0.05, 0) is 50.6 Å². The quantitative estimate of drug-likeness (QED) is 0.590. The van der Waals surface area contributed by atoms with Gasteiger partial charge in [0.05, 0.1) is 17.3 Å². The minimum Gasteiger partial charge on any atom is -0.441 e. The maximum atomic E-state index is 12.7. The lowest BCUT2D eigenvalue weighted by Crippen LogP contribution is -2.23. The van der Waals surface area contributed by atoms with E-state index < -0.39 is 11.7 Å². The van der Waals surface area contributed by atoms with Gasteiger partial charge in [0.15, 0.2) is 0 Å². The highest BCUT2D eigenvalue weighted by Gasteiger charge is 2.31. The smallest absolute Gasteiger partial charge is 0.416 e. The van der Waals surface area contributed by atoms with Crippen molar-refractivity contribution in [3.05, 3.63) is 57.9 Å². The minimum atomic E-state index is -4.35. The highest BCUT2D eigenvalue weighted by molar-refractivity contribution is 7.09. The Morgan fingerprint density at radius 2 is 2.04 bits per heavy atom. The van der Waals surface area contributed by atoms with Crippen molar-refractivity contribution < 1.29 is 17.6 Å². The maximum Gasteiger partial charge on any atom is 0.416 e. The van der Waals surface area contributed by atoms with E-state index in [1.807, 2.05) is 18.5 Å². The fourth-order valence-electron chi connectivity index (χ4n) is 3.39. The topological polar surface area (TPSA) is 42.2 Å². The SMILES string of the molecule is Cc1oc(-c2ccc(C(F)(F)F)cc2)nc1CN1CCC[C@@H]1c1nccs1. The van der Waals surface area contributed by atoms with Crippen molar-refractivity contribution in [2.24, 2.45) is 0 Å². The second-order valence-electron chi connectivity index (χ2n) is 6.60. The second kappa shape index (κ2) is 7.09. The van der Waals surface area contributed by atoms with E-state index in [0.717, 1.165) is 42.2 Å². The van der Waals surface area contributed by atoms with E-state index in [4.69, 9.17) is 4.42 Å². The summed E-state index contributed by atoms with van der Waals surface area (Å²) in [7, 11) is 0. The molecule has 3 aromatic rings. The van der Waals surface area contributed by atoms with E-state index in [2.05, 4.69) is 14.9 Å². The number of rotatable bonds is 4. The summed E-state index contributed by atoms with van der Waals surface area (Å²) in [5.74, 6) is 1.04. The molecule has 2 aromatic heterocycles. The standard InChI is InChI=1S/C19H18F3N3OS/c1-12-15(11-25-9-2-3-16(25)18-23-8-10-27-18)24-17(26-12)13-4-6-14(7-5-13)19(20,21)22/h4-8,10,16H,2-3,9,11H2,1H3/t16-/m1/s1. The number of benzene rings is 1. The monoisotopic (exact) mass is 393 g/mol. The normalized spacial score (nSPS) is 18.3. The molecule has 0 aliphatic carbocycles. The first-order chi connectivity index (χ1) is 12.9. The lowest BCUT2D eigenvalue weighted by molar-refractivity contribution is -0.137. The lowest BCUT2D eigenvalue weighted by atomic mass is 10.1. The van der Waals surface area contributed by atoms with Crippen molar-refractivity contribution in [3.63, 3.8) is 0 Å². The largest absolute Gasteiger partial charge is 0.441 e. The Labute approximate surface area is 158 Å². The summed E-state index contributed by atoms with van der Waals surface area (Å²) in [6.07, 6.45) is -0.361. The summed E-state index contributed by atoms with van der Waals surface area (Å²) in [4.78, 5) is 11.3.